The van der Waals surface area contributed by atoms with Crippen LogP contribution in [0.4, 0.5) is 0 Å². The third kappa shape index (κ3) is 2.55. The number of esters is 2. The molecule has 0 radical (unpaired) electrons. The summed E-state index contributed by atoms with van der Waals surface area (Å²) in [5.41, 5.74) is -0.656. The van der Waals surface area contributed by atoms with Crippen LogP contribution in [0.15, 0.2) is 23.0 Å². The molecule has 3 fully saturated rings. The highest BCUT2D eigenvalue weighted by Crippen LogP contribution is 2.64. The van der Waals surface area contributed by atoms with E-state index in [-0.39, 0.29) is 18.2 Å². The fraction of sp³-hybridized carbons (Fsp3) is 0.667. The van der Waals surface area contributed by atoms with E-state index in [1.165, 1.54) is 13.4 Å². The highest BCUT2D eigenvalue weighted by atomic mass is 16.5. The van der Waals surface area contributed by atoms with Crippen LogP contribution in [0.3, 0.4) is 0 Å². The number of hydrogen-bond acceptors (Lipinski definition) is 7. The Kier molecular flexibility index (Phi) is 4.41. The number of methoxy groups -OCH3 is 1. The number of rotatable bonds is 2. The minimum Gasteiger partial charge on any atom is -0.472 e. The fourth-order valence-electron chi connectivity index (χ4n) is 6.17. The topological polar surface area (TPSA) is 103 Å². The van der Waals surface area contributed by atoms with Crippen molar-refractivity contribution in [1.82, 2.24) is 0 Å². The molecule has 7 atom stereocenters. The second-order valence-corrected chi connectivity index (χ2v) is 8.95. The molecule has 1 N–H and O–H groups in total. The average Bonchev–Trinajstić information content (AvgIpc) is 3.18. The lowest BCUT2D eigenvalue weighted by Crippen LogP contribution is -2.64. The quantitative estimate of drug-likeness (QED) is 0.774. The van der Waals surface area contributed by atoms with Crippen LogP contribution in [0, 0.1) is 28.6 Å². The summed E-state index contributed by atoms with van der Waals surface area (Å²) in [5, 5.41) is 10.5. The maximum Gasteiger partial charge on any atom is 0.310 e. The summed E-state index contributed by atoms with van der Waals surface area (Å²) in [7, 11) is 1.32. The molecule has 0 amide bonds. The maximum absolute atomic E-state index is 13.2. The number of hydrogen-bond donors (Lipinski definition) is 1. The molecule has 28 heavy (non-hydrogen) atoms. The van der Waals surface area contributed by atoms with E-state index in [2.05, 4.69) is 0 Å². The summed E-state index contributed by atoms with van der Waals surface area (Å²) in [6.45, 7) is 3.86. The summed E-state index contributed by atoms with van der Waals surface area (Å²) < 4.78 is 15.8. The van der Waals surface area contributed by atoms with E-state index in [0.717, 1.165) is 5.56 Å². The number of furan rings is 1. The molecule has 4 unspecified atom stereocenters. The van der Waals surface area contributed by atoms with Gasteiger partial charge in [0.1, 0.15) is 12.2 Å². The van der Waals surface area contributed by atoms with Gasteiger partial charge < -0.3 is 19.0 Å². The number of Topliss-reactive ketones (excluding diaryl/α,β-unsaturated/α-hetero) is 1. The molecule has 7 nitrogen and oxygen atoms in total. The van der Waals surface area contributed by atoms with Crippen LogP contribution in [0.25, 0.3) is 0 Å². The highest BCUT2D eigenvalue weighted by Gasteiger charge is 2.67. The van der Waals surface area contributed by atoms with Crippen molar-refractivity contribution in [1.29, 1.82) is 0 Å². The van der Waals surface area contributed by atoms with Crippen LogP contribution in [0.2, 0.25) is 0 Å². The van der Waals surface area contributed by atoms with Gasteiger partial charge in [-0.2, -0.15) is 0 Å². The molecule has 2 aliphatic carbocycles. The minimum atomic E-state index is -1.23. The van der Waals surface area contributed by atoms with Gasteiger partial charge in [0.15, 0.2) is 5.78 Å². The monoisotopic (exact) mass is 390 g/mol. The van der Waals surface area contributed by atoms with Crippen molar-refractivity contribution in [3.8, 4) is 0 Å². The summed E-state index contributed by atoms with van der Waals surface area (Å²) in [6, 6.07) is 1.75. The predicted molar refractivity (Wildman–Crippen MR) is 95.7 cm³/mol. The van der Waals surface area contributed by atoms with Gasteiger partial charge >= 0.3 is 11.9 Å². The number of cyclic esters (lactones) is 1. The Labute approximate surface area is 163 Å². The molecule has 1 aliphatic heterocycles. The first-order chi connectivity index (χ1) is 13.2. The molecule has 4 rings (SSSR count). The lowest BCUT2D eigenvalue weighted by molar-refractivity contribution is -0.207. The van der Waals surface area contributed by atoms with Crippen molar-refractivity contribution in [3.05, 3.63) is 24.2 Å². The molecule has 0 aromatic carbocycles. The summed E-state index contributed by atoms with van der Waals surface area (Å²) >= 11 is 0. The Bertz CT molecular complexity index is 800. The van der Waals surface area contributed by atoms with E-state index in [1.54, 1.807) is 12.3 Å². The molecule has 0 spiro atoms. The SMILES string of the molecule is COC(=O)C1CC(O)C(=O)C2[C@@]1(C)CCC1C(=O)O[C@H](c3ccoc3)C[C@@]12C. The second kappa shape index (κ2) is 6.44. The standard InChI is InChI=1S/C21H26O7/c1-20-6-4-12-19(25)28-15(11-5-7-27-10-11)9-21(12,2)17(20)16(23)14(22)8-13(20)18(24)26-3/h5,7,10,12-15,17,22H,4,6,8-9H2,1-3H3/t12?,13?,14?,15-,17?,20-,21-/m0/s1. The predicted octanol–water partition coefficient (Wildman–Crippen LogP) is 2.43. The first-order valence-electron chi connectivity index (χ1n) is 9.74. The minimum absolute atomic E-state index is 0.0643. The first kappa shape index (κ1) is 19.2. The molecule has 2 heterocycles. The number of ether oxygens (including phenoxy) is 2. The molecule has 1 saturated heterocycles. The van der Waals surface area contributed by atoms with Crippen molar-refractivity contribution < 1.29 is 33.4 Å². The van der Waals surface area contributed by atoms with Crippen LogP contribution in [0.5, 0.6) is 0 Å². The number of aliphatic hydroxyl groups excluding tert-OH is 1. The zero-order valence-electron chi connectivity index (χ0n) is 16.3. The third-order valence-corrected chi connectivity index (χ3v) is 7.52. The molecule has 3 aliphatic rings. The van der Waals surface area contributed by atoms with Gasteiger partial charge in [-0.15, -0.1) is 0 Å². The average molecular weight is 390 g/mol. The van der Waals surface area contributed by atoms with E-state index in [4.69, 9.17) is 13.9 Å². The van der Waals surface area contributed by atoms with Crippen LogP contribution in [0.1, 0.15) is 51.2 Å². The normalized spacial score (nSPS) is 42.9. The van der Waals surface area contributed by atoms with Gasteiger partial charge in [-0.25, -0.2) is 0 Å². The van der Waals surface area contributed by atoms with Crippen LogP contribution in [-0.2, 0) is 23.9 Å². The van der Waals surface area contributed by atoms with Gasteiger partial charge in [0.05, 0.1) is 31.5 Å². The lowest BCUT2D eigenvalue weighted by atomic mass is 9.43. The van der Waals surface area contributed by atoms with Gasteiger partial charge in [0.25, 0.3) is 0 Å². The highest BCUT2D eigenvalue weighted by molar-refractivity contribution is 5.91. The van der Waals surface area contributed by atoms with Crippen molar-refractivity contribution in [2.45, 2.75) is 51.7 Å². The maximum atomic E-state index is 13.2. The number of aliphatic hydroxyl groups is 1. The number of carbonyl (C=O) groups is 3. The van der Waals surface area contributed by atoms with Crippen LogP contribution in [-0.4, -0.2) is 36.0 Å². The molecule has 152 valence electrons. The van der Waals surface area contributed by atoms with Gasteiger partial charge in [0.2, 0.25) is 0 Å². The molecule has 2 saturated carbocycles. The number of fused-ring (bicyclic) bond motifs is 3. The Hall–Kier alpha value is -2.15. The molecular formula is C21H26O7. The van der Waals surface area contributed by atoms with E-state index in [0.29, 0.717) is 19.3 Å². The van der Waals surface area contributed by atoms with Crippen molar-refractivity contribution >= 4 is 17.7 Å². The molecule has 1 aromatic heterocycles. The van der Waals surface area contributed by atoms with Crippen LogP contribution >= 0.6 is 0 Å². The molecule has 1 aromatic rings. The van der Waals surface area contributed by atoms with Crippen molar-refractivity contribution in [2.24, 2.45) is 28.6 Å². The Morgan fingerprint density at radius 2 is 2.04 bits per heavy atom. The molecular weight excluding hydrogens is 364 g/mol. The fourth-order valence-corrected chi connectivity index (χ4v) is 6.17. The van der Waals surface area contributed by atoms with Gasteiger partial charge in [-0.3, -0.25) is 14.4 Å². The number of carbonyl (C=O) groups excluding carboxylic acids is 3. The zero-order valence-corrected chi connectivity index (χ0v) is 16.3. The van der Waals surface area contributed by atoms with Crippen molar-refractivity contribution in [3.63, 3.8) is 0 Å². The Morgan fingerprint density at radius 1 is 1.29 bits per heavy atom. The number of ketones is 1. The summed E-state index contributed by atoms with van der Waals surface area (Å²) in [6.07, 6.45) is 2.88. The second-order valence-electron chi connectivity index (χ2n) is 8.95. The van der Waals surface area contributed by atoms with E-state index < -0.39 is 46.8 Å². The van der Waals surface area contributed by atoms with Crippen molar-refractivity contribution in [2.75, 3.05) is 7.11 Å². The lowest BCUT2D eigenvalue weighted by Gasteiger charge is -2.60. The largest absolute Gasteiger partial charge is 0.472 e. The summed E-state index contributed by atoms with van der Waals surface area (Å²) in [5.74, 6) is -2.68. The van der Waals surface area contributed by atoms with E-state index in [9.17, 15) is 19.5 Å². The Morgan fingerprint density at radius 3 is 2.68 bits per heavy atom. The van der Waals surface area contributed by atoms with E-state index >= 15 is 0 Å². The molecule has 0 bridgehead atoms. The van der Waals surface area contributed by atoms with Crippen LogP contribution < -0.4 is 0 Å². The van der Waals surface area contributed by atoms with Gasteiger partial charge in [-0.05, 0) is 42.6 Å². The first-order valence-corrected chi connectivity index (χ1v) is 9.74. The Balaban J connectivity index is 1.79. The summed E-state index contributed by atoms with van der Waals surface area (Å²) in [4.78, 5) is 38.6. The van der Waals surface area contributed by atoms with E-state index in [1.807, 2.05) is 13.8 Å². The molecule has 7 heteroatoms. The third-order valence-electron chi connectivity index (χ3n) is 7.52. The van der Waals surface area contributed by atoms with Gasteiger partial charge in [0, 0.05) is 11.5 Å². The zero-order chi connectivity index (χ0) is 20.3. The smallest absolute Gasteiger partial charge is 0.310 e. The van der Waals surface area contributed by atoms with Gasteiger partial charge in [-0.1, -0.05) is 13.8 Å².